The molecule has 1 aliphatic carbocycles. The van der Waals surface area contributed by atoms with Crippen LogP contribution in [0.1, 0.15) is 26.7 Å². The second-order valence-corrected chi connectivity index (χ2v) is 4.24. The molecule has 4 nitrogen and oxygen atoms in total. The topological polar surface area (TPSA) is 41.1 Å². The van der Waals surface area contributed by atoms with Gasteiger partial charge in [-0.05, 0) is 26.7 Å². The molecule has 0 saturated heterocycles. The minimum Gasteiger partial charge on any atom is -0.358 e. The van der Waals surface area contributed by atoms with Crippen LogP contribution >= 0.6 is 11.5 Å². The van der Waals surface area contributed by atoms with Gasteiger partial charge in [0.25, 0.3) is 0 Å². The van der Waals surface area contributed by atoms with Crippen molar-refractivity contribution in [2.24, 2.45) is 0 Å². The first-order valence-electron chi connectivity index (χ1n) is 5.18. The second-order valence-electron chi connectivity index (χ2n) is 3.49. The molecule has 1 aromatic rings. The molecule has 0 amide bonds. The molecule has 1 saturated carbocycles. The average Bonchev–Trinajstić information content (AvgIpc) is 2.88. The van der Waals surface area contributed by atoms with Crippen LogP contribution in [-0.2, 0) is 0 Å². The summed E-state index contributed by atoms with van der Waals surface area (Å²) in [5, 5.41) is 4.32. The fourth-order valence-electron chi connectivity index (χ4n) is 1.31. The third kappa shape index (κ3) is 2.15. The first-order chi connectivity index (χ1) is 6.83. The number of anilines is 2. The molecule has 5 heteroatoms. The molecular weight excluding hydrogens is 196 g/mol. The van der Waals surface area contributed by atoms with Crippen molar-refractivity contribution in [3.8, 4) is 0 Å². The fourth-order valence-corrected chi connectivity index (χ4v) is 1.98. The zero-order valence-electron chi connectivity index (χ0n) is 8.66. The fraction of sp³-hybridized carbons (Fsp3) is 0.778. The first-order valence-corrected chi connectivity index (χ1v) is 5.96. The van der Waals surface area contributed by atoms with Gasteiger partial charge >= 0.3 is 0 Å². The molecule has 1 fully saturated rings. The zero-order valence-corrected chi connectivity index (χ0v) is 9.47. The van der Waals surface area contributed by atoms with Crippen molar-refractivity contribution >= 4 is 22.6 Å². The van der Waals surface area contributed by atoms with Crippen LogP contribution in [0.2, 0.25) is 0 Å². The van der Waals surface area contributed by atoms with Crippen molar-refractivity contribution in [1.82, 2.24) is 9.36 Å². The normalized spacial score (nSPS) is 15.6. The Morgan fingerprint density at radius 2 is 2.14 bits per heavy atom. The lowest BCUT2D eigenvalue weighted by Gasteiger charge is -2.15. The molecule has 1 N–H and O–H groups in total. The van der Waals surface area contributed by atoms with Crippen molar-refractivity contribution in [3.63, 3.8) is 0 Å². The predicted molar refractivity (Wildman–Crippen MR) is 60.1 cm³/mol. The van der Waals surface area contributed by atoms with E-state index in [-0.39, 0.29) is 0 Å². The van der Waals surface area contributed by atoms with Crippen molar-refractivity contribution in [2.75, 3.05) is 23.3 Å². The molecule has 14 heavy (non-hydrogen) atoms. The Bertz CT molecular complexity index is 291. The van der Waals surface area contributed by atoms with E-state index in [0.29, 0.717) is 6.04 Å². The molecule has 1 aliphatic rings. The molecule has 1 heterocycles. The summed E-state index contributed by atoms with van der Waals surface area (Å²) < 4.78 is 4.33. The maximum Gasteiger partial charge on any atom is 0.239 e. The van der Waals surface area contributed by atoms with E-state index in [1.54, 1.807) is 0 Å². The van der Waals surface area contributed by atoms with Crippen molar-refractivity contribution in [1.29, 1.82) is 0 Å². The van der Waals surface area contributed by atoms with Gasteiger partial charge in [-0.1, -0.05) is 0 Å². The monoisotopic (exact) mass is 212 g/mol. The Kier molecular flexibility index (Phi) is 2.86. The Hall–Kier alpha value is -0.840. The molecule has 0 aromatic carbocycles. The van der Waals surface area contributed by atoms with Gasteiger partial charge in [0.2, 0.25) is 11.1 Å². The van der Waals surface area contributed by atoms with E-state index in [4.69, 9.17) is 0 Å². The maximum absolute atomic E-state index is 4.45. The van der Waals surface area contributed by atoms with E-state index in [9.17, 15) is 0 Å². The Morgan fingerprint density at radius 1 is 1.43 bits per heavy atom. The molecule has 2 rings (SSSR count). The van der Waals surface area contributed by atoms with E-state index in [2.05, 4.69) is 33.4 Å². The smallest absolute Gasteiger partial charge is 0.239 e. The molecule has 0 unspecified atom stereocenters. The third-order valence-corrected chi connectivity index (χ3v) is 3.00. The standard InChI is InChI=1S/C9H16N4S/c1-3-13(4-2)8-11-9(14-12-8)10-7-5-6-7/h7H,3-6H2,1-2H3,(H,10,11,12). The van der Waals surface area contributed by atoms with E-state index in [1.165, 1.54) is 24.4 Å². The highest BCUT2D eigenvalue weighted by molar-refractivity contribution is 7.09. The van der Waals surface area contributed by atoms with Gasteiger partial charge in [0, 0.05) is 30.7 Å². The molecule has 1 aromatic heterocycles. The summed E-state index contributed by atoms with van der Waals surface area (Å²) in [6, 6.07) is 0.660. The largest absolute Gasteiger partial charge is 0.358 e. The van der Waals surface area contributed by atoms with Gasteiger partial charge in [-0.2, -0.15) is 9.36 Å². The van der Waals surface area contributed by atoms with Crippen LogP contribution < -0.4 is 10.2 Å². The summed E-state index contributed by atoms with van der Waals surface area (Å²) in [6.45, 7) is 6.18. The number of hydrogen-bond acceptors (Lipinski definition) is 5. The molecule has 0 atom stereocenters. The number of hydrogen-bond donors (Lipinski definition) is 1. The quantitative estimate of drug-likeness (QED) is 0.810. The third-order valence-electron chi connectivity index (χ3n) is 2.37. The van der Waals surface area contributed by atoms with E-state index < -0.39 is 0 Å². The summed E-state index contributed by atoms with van der Waals surface area (Å²) in [4.78, 5) is 6.62. The van der Waals surface area contributed by atoms with Gasteiger partial charge in [0.05, 0.1) is 0 Å². The van der Waals surface area contributed by atoms with Crippen molar-refractivity contribution < 1.29 is 0 Å². The zero-order chi connectivity index (χ0) is 9.97. The molecule has 0 bridgehead atoms. The van der Waals surface area contributed by atoms with Crippen LogP contribution in [0.4, 0.5) is 11.1 Å². The predicted octanol–water partition coefficient (Wildman–Crippen LogP) is 1.96. The van der Waals surface area contributed by atoms with E-state index >= 15 is 0 Å². The number of nitrogens with one attached hydrogen (secondary N) is 1. The SMILES string of the molecule is CCN(CC)c1nsc(NC2CC2)n1. The lowest BCUT2D eigenvalue weighted by Crippen LogP contribution is -2.22. The Balaban J connectivity index is 1.99. The number of rotatable bonds is 5. The summed E-state index contributed by atoms with van der Waals surface area (Å²) in [5.41, 5.74) is 0. The molecular formula is C9H16N4S. The van der Waals surface area contributed by atoms with Crippen molar-refractivity contribution in [3.05, 3.63) is 0 Å². The van der Waals surface area contributed by atoms with E-state index in [0.717, 1.165) is 24.2 Å². The van der Waals surface area contributed by atoms with E-state index in [1.807, 2.05) is 0 Å². The van der Waals surface area contributed by atoms with Gasteiger partial charge in [-0.25, -0.2) is 0 Å². The summed E-state index contributed by atoms with van der Waals surface area (Å²) in [6.07, 6.45) is 2.56. The first kappa shape index (κ1) is 9.71. The van der Waals surface area contributed by atoms with Gasteiger partial charge in [0.1, 0.15) is 0 Å². The lowest BCUT2D eigenvalue weighted by molar-refractivity contribution is 0.835. The minimum atomic E-state index is 0.660. The summed E-state index contributed by atoms with van der Waals surface area (Å²) >= 11 is 1.46. The highest BCUT2D eigenvalue weighted by Crippen LogP contribution is 2.26. The summed E-state index contributed by atoms with van der Waals surface area (Å²) in [5.74, 6) is 0.864. The van der Waals surface area contributed by atoms with Gasteiger partial charge in [-0.3, -0.25) is 0 Å². The van der Waals surface area contributed by atoms with Crippen LogP contribution in [0.15, 0.2) is 0 Å². The number of nitrogens with zero attached hydrogens (tertiary/aromatic N) is 3. The van der Waals surface area contributed by atoms with Crippen LogP contribution in [-0.4, -0.2) is 28.5 Å². The van der Waals surface area contributed by atoms with Crippen LogP contribution in [0, 0.1) is 0 Å². The minimum absolute atomic E-state index is 0.660. The van der Waals surface area contributed by atoms with Gasteiger partial charge in [0.15, 0.2) is 0 Å². The second kappa shape index (κ2) is 4.13. The van der Waals surface area contributed by atoms with Crippen LogP contribution in [0.3, 0.4) is 0 Å². The highest BCUT2D eigenvalue weighted by atomic mass is 32.1. The lowest BCUT2D eigenvalue weighted by atomic mass is 10.5. The average molecular weight is 212 g/mol. The van der Waals surface area contributed by atoms with Gasteiger partial charge < -0.3 is 10.2 Å². The maximum atomic E-state index is 4.45. The van der Waals surface area contributed by atoms with Crippen molar-refractivity contribution in [2.45, 2.75) is 32.7 Å². The molecule has 78 valence electrons. The Morgan fingerprint density at radius 3 is 2.71 bits per heavy atom. The molecule has 0 spiro atoms. The Labute approximate surface area is 88.5 Å². The molecule has 0 radical (unpaired) electrons. The highest BCUT2D eigenvalue weighted by Gasteiger charge is 2.22. The van der Waals surface area contributed by atoms with Crippen LogP contribution in [0.25, 0.3) is 0 Å². The molecule has 0 aliphatic heterocycles. The van der Waals surface area contributed by atoms with Gasteiger partial charge in [-0.15, -0.1) is 0 Å². The number of aromatic nitrogens is 2. The van der Waals surface area contributed by atoms with Crippen LogP contribution in [0.5, 0.6) is 0 Å². The summed E-state index contributed by atoms with van der Waals surface area (Å²) in [7, 11) is 0.